The molecule has 4 aromatic rings. The Morgan fingerprint density at radius 2 is 1.71 bits per heavy atom. The Hall–Kier alpha value is -3.75. The van der Waals surface area contributed by atoms with Gasteiger partial charge in [0.1, 0.15) is 0 Å². The maximum absolute atomic E-state index is 9.14. The molecule has 0 unspecified atom stereocenters. The first-order chi connectivity index (χ1) is 13.8. The molecule has 5 heteroatoms. The van der Waals surface area contributed by atoms with Crippen LogP contribution in [0.1, 0.15) is 11.1 Å². The topological polar surface area (TPSA) is 61.1 Å². The van der Waals surface area contributed by atoms with Crippen LogP contribution in [0.5, 0.6) is 0 Å². The SMILES string of the molecule is N#Cc1cccc(-c2ccccc2C=NNc2nc(-c3ccccc3)cs2)c1. The van der Waals surface area contributed by atoms with Crippen LogP contribution in [0.4, 0.5) is 5.13 Å². The Morgan fingerprint density at radius 1 is 0.929 bits per heavy atom. The van der Waals surface area contributed by atoms with Gasteiger partial charge in [-0.2, -0.15) is 10.4 Å². The Kier molecular flexibility index (Phi) is 5.23. The van der Waals surface area contributed by atoms with Gasteiger partial charge in [-0.1, -0.05) is 66.7 Å². The molecular formula is C23H16N4S. The lowest BCUT2D eigenvalue weighted by Gasteiger charge is -2.06. The van der Waals surface area contributed by atoms with E-state index in [4.69, 9.17) is 5.26 Å². The number of hydrazone groups is 1. The summed E-state index contributed by atoms with van der Waals surface area (Å²) >= 11 is 1.51. The van der Waals surface area contributed by atoms with Gasteiger partial charge in [0.2, 0.25) is 5.13 Å². The molecule has 0 amide bonds. The molecule has 3 aromatic carbocycles. The third-order valence-electron chi connectivity index (χ3n) is 4.20. The predicted octanol–water partition coefficient (Wildman–Crippen LogP) is 5.79. The van der Waals surface area contributed by atoms with Crippen LogP contribution in [-0.2, 0) is 0 Å². The van der Waals surface area contributed by atoms with Gasteiger partial charge in [0.15, 0.2) is 0 Å². The molecule has 0 atom stereocenters. The van der Waals surface area contributed by atoms with Crippen molar-refractivity contribution >= 4 is 22.7 Å². The van der Waals surface area contributed by atoms with Crippen LogP contribution in [0.25, 0.3) is 22.4 Å². The minimum absolute atomic E-state index is 0.638. The second-order valence-corrected chi connectivity index (χ2v) is 6.91. The molecule has 0 saturated carbocycles. The van der Waals surface area contributed by atoms with Gasteiger partial charge in [-0.25, -0.2) is 4.98 Å². The molecule has 0 spiro atoms. The van der Waals surface area contributed by atoms with Gasteiger partial charge < -0.3 is 0 Å². The van der Waals surface area contributed by atoms with E-state index in [1.54, 1.807) is 12.3 Å². The summed E-state index contributed by atoms with van der Waals surface area (Å²) in [5.74, 6) is 0. The standard InChI is InChI=1S/C23H16N4S/c24-14-17-7-6-11-19(13-17)21-12-5-4-10-20(21)15-25-27-23-26-22(16-28-23)18-8-2-1-3-9-18/h1-13,15-16H,(H,26,27). The molecule has 0 aliphatic heterocycles. The van der Waals surface area contributed by atoms with E-state index in [1.165, 1.54) is 11.3 Å². The minimum atomic E-state index is 0.638. The summed E-state index contributed by atoms with van der Waals surface area (Å²) in [6.45, 7) is 0. The number of rotatable bonds is 5. The van der Waals surface area contributed by atoms with Crippen molar-refractivity contribution in [1.82, 2.24) is 4.98 Å². The van der Waals surface area contributed by atoms with Crippen LogP contribution in [-0.4, -0.2) is 11.2 Å². The van der Waals surface area contributed by atoms with Gasteiger partial charge in [0.25, 0.3) is 0 Å². The maximum atomic E-state index is 9.14. The molecule has 1 N–H and O–H groups in total. The molecule has 1 heterocycles. The van der Waals surface area contributed by atoms with E-state index in [0.717, 1.165) is 33.1 Å². The monoisotopic (exact) mass is 380 g/mol. The quantitative estimate of drug-likeness (QED) is 0.352. The van der Waals surface area contributed by atoms with Gasteiger partial charge in [-0.05, 0) is 23.3 Å². The van der Waals surface area contributed by atoms with E-state index in [0.29, 0.717) is 5.56 Å². The fraction of sp³-hybridized carbons (Fsp3) is 0. The smallest absolute Gasteiger partial charge is 0.203 e. The van der Waals surface area contributed by atoms with E-state index >= 15 is 0 Å². The summed E-state index contributed by atoms with van der Waals surface area (Å²) in [5.41, 5.74) is 8.63. The van der Waals surface area contributed by atoms with Crippen LogP contribution in [0.2, 0.25) is 0 Å². The molecule has 0 aliphatic rings. The number of aromatic nitrogens is 1. The zero-order valence-electron chi connectivity index (χ0n) is 14.9. The summed E-state index contributed by atoms with van der Waals surface area (Å²) < 4.78 is 0. The van der Waals surface area contributed by atoms with Crippen LogP contribution < -0.4 is 5.43 Å². The number of nitrogens with zero attached hydrogens (tertiary/aromatic N) is 3. The Labute approximate surface area is 167 Å². The van der Waals surface area contributed by atoms with E-state index in [1.807, 2.05) is 78.2 Å². The Balaban J connectivity index is 1.53. The highest BCUT2D eigenvalue weighted by Gasteiger charge is 2.05. The van der Waals surface area contributed by atoms with Crippen molar-refractivity contribution in [2.75, 3.05) is 5.43 Å². The fourth-order valence-electron chi connectivity index (χ4n) is 2.85. The molecule has 28 heavy (non-hydrogen) atoms. The highest BCUT2D eigenvalue weighted by Crippen LogP contribution is 2.25. The van der Waals surface area contributed by atoms with Crippen molar-refractivity contribution in [3.63, 3.8) is 0 Å². The molecular weight excluding hydrogens is 364 g/mol. The van der Waals surface area contributed by atoms with Crippen LogP contribution in [0.3, 0.4) is 0 Å². The van der Waals surface area contributed by atoms with Gasteiger partial charge in [0, 0.05) is 16.5 Å². The van der Waals surface area contributed by atoms with Crippen molar-refractivity contribution in [2.24, 2.45) is 5.10 Å². The summed E-state index contributed by atoms with van der Waals surface area (Å²) in [6, 6.07) is 27.8. The number of hydrogen-bond acceptors (Lipinski definition) is 5. The van der Waals surface area contributed by atoms with Crippen molar-refractivity contribution in [3.8, 4) is 28.5 Å². The molecule has 134 valence electrons. The second-order valence-electron chi connectivity index (χ2n) is 6.05. The first kappa shape index (κ1) is 17.7. The van der Waals surface area contributed by atoms with Gasteiger partial charge in [0.05, 0.1) is 23.5 Å². The number of nitrogens with one attached hydrogen (secondary N) is 1. The van der Waals surface area contributed by atoms with E-state index in [2.05, 4.69) is 21.6 Å². The summed E-state index contributed by atoms with van der Waals surface area (Å²) in [5, 5.41) is 16.2. The molecule has 4 nitrogen and oxygen atoms in total. The van der Waals surface area contributed by atoms with Crippen molar-refractivity contribution in [1.29, 1.82) is 5.26 Å². The van der Waals surface area contributed by atoms with Crippen molar-refractivity contribution < 1.29 is 0 Å². The normalized spacial score (nSPS) is 10.7. The molecule has 0 aliphatic carbocycles. The Morgan fingerprint density at radius 3 is 2.57 bits per heavy atom. The molecule has 1 aromatic heterocycles. The Bertz CT molecular complexity index is 1160. The van der Waals surface area contributed by atoms with Gasteiger partial charge in [-0.3, -0.25) is 5.43 Å². The molecule has 4 rings (SSSR count). The second kappa shape index (κ2) is 8.30. The first-order valence-electron chi connectivity index (χ1n) is 8.73. The highest BCUT2D eigenvalue weighted by atomic mass is 32.1. The third kappa shape index (κ3) is 3.98. The lowest BCUT2D eigenvalue weighted by molar-refractivity contribution is 1.29. The van der Waals surface area contributed by atoms with Crippen LogP contribution in [0.15, 0.2) is 89.3 Å². The third-order valence-corrected chi connectivity index (χ3v) is 4.95. The average molecular weight is 380 g/mol. The first-order valence-corrected chi connectivity index (χ1v) is 9.61. The van der Waals surface area contributed by atoms with Gasteiger partial charge in [-0.15, -0.1) is 11.3 Å². The predicted molar refractivity (Wildman–Crippen MR) is 115 cm³/mol. The maximum Gasteiger partial charge on any atom is 0.203 e. The zero-order chi connectivity index (χ0) is 19.2. The fourth-order valence-corrected chi connectivity index (χ4v) is 3.52. The number of thiazole rings is 1. The lowest BCUT2D eigenvalue weighted by atomic mass is 9.99. The molecule has 0 saturated heterocycles. The largest absolute Gasteiger partial charge is 0.253 e. The van der Waals surface area contributed by atoms with Crippen LogP contribution in [0, 0.1) is 11.3 Å². The number of hydrogen-bond donors (Lipinski definition) is 1. The van der Waals surface area contributed by atoms with Gasteiger partial charge >= 0.3 is 0 Å². The van der Waals surface area contributed by atoms with Crippen LogP contribution >= 0.6 is 11.3 Å². The molecule has 0 fully saturated rings. The summed E-state index contributed by atoms with van der Waals surface area (Å²) in [7, 11) is 0. The minimum Gasteiger partial charge on any atom is -0.253 e. The van der Waals surface area contributed by atoms with E-state index in [9.17, 15) is 0 Å². The molecule has 0 bridgehead atoms. The highest BCUT2D eigenvalue weighted by molar-refractivity contribution is 7.14. The van der Waals surface area contributed by atoms with E-state index in [-0.39, 0.29) is 0 Å². The van der Waals surface area contributed by atoms with E-state index < -0.39 is 0 Å². The number of nitriles is 1. The van der Waals surface area contributed by atoms with Crippen molar-refractivity contribution in [2.45, 2.75) is 0 Å². The lowest BCUT2D eigenvalue weighted by Crippen LogP contribution is -1.93. The summed E-state index contributed by atoms with van der Waals surface area (Å²) in [6.07, 6.45) is 1.78. The number of benzene rings is 3. The average Bonchev–Trinajstić information content (AvgIpc) is 3.24. The zero-order valence-corrected chi connectivity index (χ0v) is 15.7. The molecule has 0 radical (unpaired) electrons. The van der Waals surface area contributed by atoms with Crippen molar-refractivity contribution in [3.05, 3.63) is 95.4 Å². The number of anilines is 1. The summed E-state index contributed by atoms with van der Waals surface area (Å²) in [4.78, 5) is 4.57.